The first-order valence-corrected chi connectivity index (χ1v) is 9.59. The number of anilines is 1. The Balaban J connectivity index is 0.00000280. The fourth-order valence-electron chi connectivity index (χ4n) is 3.60. The van der Waals surface area contributed by atoms with E-state index >= 15 is 0 Å². The zero-order valence-electron chi connectivity index (χ0n) is 16.9. The number of ether oxygens (including phenoxy) is 1. The summed E-state index contributed by atoms with van der Waals surface area (Å²) in [6.45, 7) is 6.97. The van der Waals surface area contributed by atoms with Crippen molar-refractivity contribution in [3.8, 4) is 5.75 Å². The van der Waals surface area contributed by atoms with Crippen molar-refractivity contribution >= 4 is 35.6 Å². The van der Waals surface area contributed by atoms with Gasteiger partial charge >= 0.3 is 0 Å². The van der Waals surface area contributed by atoms with E-state index < -0.39 is 0 Å². The van der Waals surface area contributed by atoms with Crippen LogP contribution in [-0.2, 0) is 0 Å². The van der Waals surface area contributed by atoms with Crippen molar-refractivity contribution in [3.63, 3.8) is 0 Å². The number of nitrogens with two attached hydrogens (primary N) is 1. The van der Waals surface area contributed by atoms with Gasteiger partial charge in [0.2, 0.25) is 0 Å². The van der Waals surface area contributed by atoms with Crippen LogP contribution in [0.4, 0.5) is 5.69 Å². The van der Waals surface area contributed by atoms with Gasteiger partial charge in [-0.2, -0.15) is 0 Å². The Morgan fingerprint density at radius 2 is 1.86 bits per heavy atom. The van der Waals surface area contributed by atoms with Crippen LogP contribution in [0.25, 0.3) is 0 Å². The molecule has 5 nitrogen and oxygen atoms in total. The number of aliphatic imine (C=N–C) groups is 1. The minimum atomic E-state index is 0. The molecule has 0 bridgehead atoms. The fourth-order valence-corrected chi connectivity index (χ4v) is 3.60. The number of aryl methyl sites for hydroxylation is 2. The standard InChI is InChI=1S/C22H30N4O.HI/c1-16-10-11-18(14-17(16)2)25-22(23)24-15-20(26-12-6-7-13-26)19-8-4-5-9-21(19)27-3;/h4-5,8-11,14,20H,6-7,12-13,15H2,1-3H3,(H3,23,24,25);1H. The van der Waals surface area contributed by atoms with Crippen molar-refractivity contribution in [2.75, 3.05) is 32.1 Å². The molecule has 1 aliphatic rings. The van der Waals surface area contributed by atoms with Crippen LogP contribution >= 0.6 is 24.0 Å². The largest absolute Gasteiger partial charge is 0.496 e. The zero-order chi connectivity index (χ0) is 19.2. The Kier molecular flexibility index (Phi) is 8.57. The number of benzene rings is 2. The molecule has 0 saturated carbocycles. The van der Waals surface area contributed by atoms with E-state index in [0.717, 1.165) is 24.5 Å². The first-order valence-electron chi connectivity index (χ1n) is 9.59. The number of guanidine groups is 1. The van der Waals surface area contributed by atoms with Crippen LogP contribution < -0.4 is 15.8 Å². The molecule has 28 heavy (non-hydrogen) atoms. The summed E-state index contributed by atoms with van der Waals surface area (Å²) in [7, 11) is 1.72. The number of halogens is 1. The number of methoxy groups -OCH3 is 1. The maximum Gasteiger partial charge on any atom is 0.193 e. The molecule has 1 aliphatic heterocycles. The third-order valence-corrected chi connectivity index (χ3v) is 5.29. The summed E-state index contributed by atoms with van der Waals surface area (Å²) in [5.41, 5.74) is 10.8. The third-order valence-electron chi connectivity index (χ3n) is 5.29. The fraction of sp³-hybridized carbons (Fsp3) is 0.409. The van der Waals surface area contributed by atoms with E-state index in [-0.39, 0.29) is 30.0 Å². The smallest absolute Gasteiger partial charge is 0.193 e. The third kappa shape index (κ3) is 5.61. The van der Waals surface area contributed by atoms with Crippen LogP contribution in [0.1, 0.15) is 35.6 Å². The molecule has 2 aromatic carbocycles. The molecule has 0 amide bonds. The SMILES string of the molecule is COc1ccccc1C(CN=C(N)Nc1ccc(C)c(C)c1)N1CCCC1.I. The Morgan fingerprint density at radius 3 is 2.54 bits per heavy atom. The highest BCUT2D eigenvalue weighted by atomic mass is 127. The molecule has 2 aromatic rings. The van der Waals surface area contributed by atoms with Crippen LogP contribution in [-0.4, -0.2) is 37.6 Å². The van der Waals surface area contributed by atoms with E-state index in [1.165, 1.54) is 29.5 Å². The van der Waals surface area contributed by atoms with E-state index in [1.54, 1.807) is 7.11 Å². The Morgan fingerprint density at radius 1 is 1.14 bits per heavy atom. The lowest BCUT2D eigenvalue weighted by Gasteiger charge is -2.28. The van der Waals surface area contributed by atoms with Gasteiger partial charge in [0.05, 0.1) is 19.7 Å². The maximum atomic E-state index is 6.18. The summed E-state index contributed by atoms with van der Waals surface area (Å²) in [5, 5.41) is 3.21. The van der Waals surface area contributed by atoms with Crippen molar-refractivity contribution in [1.82, 2.24) is 4.90 Å². The number of para-hydroxylation sites is 1. The predicted octanol–water partition coefficient (Wildman–Crippen LogP) is 4.49. The molecular formula is C22H31IN4O. The van der Waals surface area contributed by atoms with Crippen LogP contribution in [0.5, 0.6) is 5.75 Å². The van der Waals surface area contributed by atoms with Crippen molar-refractivity contribution in [3.05, 3.63) is 59.2 Å². The molecule has 1 heterocycles. The number of likely N-dealkylation sites (tertiary alicyclic amines) is 1. The van der Waals surface area contributed by atoms with Crippen molar-refractivity contribution < 1.29 is 4.74 Å². The summed E-state index contributed by atoms with van der Waals surface area (Å²) >= 11 is 0. The molecule has 6 heteroatoms. The zero-order valence-corrected chi connectivity index (χ0v) is 19.3. The lowest BCUT2D eigenvalue weighted by atomic mass is 10.0. The lowest BCUT2D eigenvalue weighted by Crippen LogP contribution is -2.30. The topological polar surface area (TPSA) is 62.9 Å². The summed E-state index contributed by atoms with van der Waals surface area (Å²) < 4.78 is 5.59. The quantitative estimate of drug-likeness (QED) is 0.353. The molecule has 1 fully saturated rings. The first kappa shape index (κ1) is 22.5. The minimum absolute atomic E-state index is 0. The van der Waals surface area contributed by atoms with Gasteiger partial charge in [-0.05, 0) is 69.1 Å². The van der Waals surface area contributed by atoms with Gasteiger partial charge in [-0.15, -0.1) is 24.0 Å². The molecule has 1 atom stereocenters. The number of hydrogen-bond acceptors (Lipinski definition) is 3. The maximum absolute atomic E-state index is 6.18. The van der Waals surface area contributed by atoms with Gasteiger partial charge in [0.25, 0.3) is 0 Å². The van der Waals surface area contributed by atoms with Crippen molar-refractivity contribution in [2.24, 2.45) is 10.7 Å². The van der Waals surface area contributed by atoms with Gasteiger partial charge in [0.1, 0.15) is 5.75 Å². The first-order chi connectivity index (χ1) is 13.1. The molecule has 3 rings (SSSR count). The highest BCUT2D eigenvalue weighted by Gasteiger charge is 2.25. The van der Waals surface area contributed by atoms with Gasteiger partial charge < -0.3 is 15.8 Å². The van der Waals surface area contributed by atoms with E-state index in [9.17, 15) is 0 Å². The summed E-state index contributed by atoms with van der Waals surface area (Å²) in [6.07, 6.45) is 2.46. The van der Waals surface area contributed by atoms with Crippen LogP contribution in [0.2, 0.25) is 0 Å². The number of rotatable bonds is 6. The van der Waals surface area contributed by atoms with Crippen molar-refractivity contribution in [2.45, 2.75) is 32.7 Å². The number of hydrogen-bond donors (Lipinski definition) is 2. The van der Waals surface area contributed by atoms with Gasteiger partial charge in [-0.3, -0.25) is 9.89 Å². The molecule has 1 saturated heterocycles. The van der Waals surface area contributed by atoms with E-state index in [1.807, 2.05) is 18.2 Å². The van der Waals surface area contributed by atoms with Gasteiger partial charge in [-0.1, -0.05) is 24.3 Å². The average molecular weight is 494 g/mol. The van der Waals surface area contributed by atoms with Gasteiger partial charge in [0.15, 0.2) is 5.96 Å². The molecule has 0 spiro atoms. The molecule has 152 valence electrons. The number of nitrogens with one attached hydrogen (secondary N) is 1. The van der Waals surface area contributed by atoms with Crippen LogP contribution in [0.15, 0.2) is 47.5 Å². The van der Waals surface area contributed by atoms with E-state index in [4.69, 9.17) is 10.5 Å². The molecule has 3 N–H and O–H groups in total. The second kappa shape index (κ2) is 10.7. The molecule has 0 aliphatic carbocycles. The monoisotopic (exact) mass is 494 g/mol. The Labute approximate surface area is 185 Å². The molecular weight excluding hydrogens is 463 g/mol. The highest BCUT2D eigenvalue weighted by Crippen LogP contribution is 2.31. The van der Waals surface area contributed by atoms with E-state index in [2.05, 4.69) is 53.3 Å². The summed E-state index contributed by atoms with van der Waals surface area (Å²) in [4.78, 5) is 7.13. The summed E-state index contributed by atoms with van der Waals surface area (Å²) in [6, 6.07) is 14.6. The highest BCUT2D eigenvalue weighted by molar-refractivity contribution is 14.0. The molecule has 1 unspecified atom stereocenters. The van der Waals surface area contributed by atoms with Gasteiger partial charge in [0, 0.05) is 11.3 Å². The number of nitrogens with zero attached hydrogens (tertiary/aromatic N) is 2. The minimum Gasteiger partial charge on any atom is -0.496 e. The van der Waals surface area contributed by atoms with Gasteiger partial charge in [-0.25, -0.2) is 0 Å². The predicted molar refractivity (Wildman–Crippen MR) is 128 cm³/mol. The normalized spacial score (nSPS) is 15.8. The van der Waals surface area contributed by atoms with Crippen LogP contribution in [0.3, 0.4) is 0 Å². The van der Waals surface area contributed by atoms with E-state index in [0.29, 0.717) is 12.5 Å². The van der Waals surface area contributed by atoms with Crippen molar-refractivity contribution in [1.29, 1.82) is 0 Å². The second-order valence-corrected chi connectivity index (χ2v) is 7.15. The Hall–Kier alpha value is -1.80. The second-order valence-electron chi connectivity index (χ2n) is 7.15. The Bertz CT molecular complexity index is 803. The molecule has 0 radical (unpaired) electrons. The average Bonchev–Trinajstić information content (AvgIpc) is 3.20. The summed E-state index contributed by atoms with van der Waals surface area (Å²) in [5.74, 6) is 1.35. The molecule has 0 aromatic heterocycles. The lowest BCUT2D eigenvalue weighted by molar-refractivity contribution is 0.245. The van der Waals surface area contributed by atoms with Crippen LogP contribution in [0, 0.1) is 13.8 Å².